The number of Topliss-reactive ketones (excluding diaryl/α,β-unsaturated/α-hetero) is 1. The van der Waals surface area contributed by atoms with Gasteiger partial charge in [-0.05, 0) is 25.1 Å². The number of amides is 1. The zero-order valence-corrected chi connectivity index (χ0v) is 14.4. The summed E-state index contributed by atoms with van der Waals surface area (Å²) in [6.07, 6.45) is 0.204. The molecule has 0 aromatic heterocycles. The molecule has 1 aromatic carbocycles. The summed E-state index contributed by atoms with van der Waals surface area (Å²) in [6.45, 7) is 0.857. The van der Waals surface area contributed by atoms with Crippen molar-refractivity contribution in [2.75, 3.05) is 33.9 Å². The number of carbonyl (C=O) groups is 3. The third kappa shape index (κ3) is 6.51. The lowest BCUT2D eigenvalue weighted by Gasteiger charge is -2.15. The highest BCUT2D eigenvalue weighted by molar-refractivity contribution is 5.94. The molecule has 25 heavy (non-hydrogen) atoms. The Balaban J connectivity index is 2.50. The molecule has 0 saturated carbocycles. The average molecular weight is 348 g/mol. The molecular formula is C17H20N2O6. The van der Waals surface area contributed by atoms with E-state index in [1.807, 2.05) is 6.07 Å². The van der Waals surface area contributed by atoms with Gasteiger partial charge >= 0.3 is 5.97 Å². The molecule has 0 unspecified atom stereocenters. The molecule has 0 N–H and O–H groups in total. The Morgan fingerprint density at radius 1 is 1.20 bits per heavy atom. The van der Waals surface area contributed by atoms with Crippen molar-refractivity contribution in [2.45, 2.75) is 13.3 Å². The number of rotatable bonds is 9. The van der Waals surface area contributed by atoms with E-state index in [2.05, 4.69) is 0 Å². The largest absolute Gasteiger partial charge is 0.493 e. The van der Waals surface area contributed by atoms with E-state index in [0.29, 0.717) is 11.3 Å². The highest BCUT2D eigenvalue weighted by atomic mass is 16.6. The quantitative estimate of drug-likeness (QED) is 0.487. The van der Waals surface area contributed by atoms with Gasteiger partial charge in [0, 0.05) is 19.2 Å². The monoisotopic (exact) mass is 348 g/mol. The molecule has 0 saturated heterocycles. The van der Waals surface area contributed by atoms with Crippen molar-refractivity contribution >= 4 is 17.7 Å². The Kier molecular flexibility index (Phi) is 7.93. The smallest absolute Gasteiger partial charge is 0.344 e. The summed E-state index contributed by atoms with van der Waals surface area (Å²) in [6, 6.07) is 6.51. The molecule has 1 rings (SSSR count). The molecule has 0 aliphatic heterocycles. The lowest BCUT2D eigenvalue weighted by Crippen LogP contribution is -2.32. The fourth-order valence-electron chi connectivity index (χ4n) is 1.78. The van der Waals surface area contributed by atoms with Crippen molar-refractivity contribution in [1.29, 1.82) is 5.26 Å². The molecule has 134 valence electrons. The molecule has 0 aliphatic rings. The standard InChI is InChI=1S/C17H20N2O6/c1-12(20)13-5-6-14(15(9-13)23-3)24-11-17(22)25-10-16(21)19(2)8-4-7-18/h5-6,9H,4,8,10-11H2,1-3H3. The van der Waals surface area contributed by atoms with Gasteiger partial charge in [-0.2, -0.15) is 5.26 Å². The number of carbonyl (C=O) groups excluding carboxylic acids is 3. The van der Waals surface area contributed by atoms with Crippen molar-refractivity contribution in [2.24, 2.45) is 0 Å². The summed E-state index contributed by atoms with van der Waals surface area (Å²) >= 11 is 0. The number of hydrogen-bond donors (Lipinski definition) is 0. The van der Waals surface area contributed by atoms with Gasteiger partial charge in [0.2, 0.25) is 0 Å². The van der Waals surface area contributed by atoms with Gasteiger partial charge in [0.05, 0.1) is 19.6 Å². The first kappa shape index (κ1) is 20.0. The predicted octanol–water partition coefficient (Wildman–Crippen LogP) is 1.19. The Hall–Kier alpha value is -3.08. The molecule has 0 radical (unpaired) electrons. The first-order valence-electron chi connectivity index (χ1n) is 7.47. The minimum absolute atomic E-state index is 0.122. The highest BCUT2D eigenvalue weighted by Gasteiger charge is 2.14. The third-order valence-electron chi connectivity index (χ3n) is 3.26. The van der Waals surface area contributed by atoms with Crippen LogP contribution in [0.5, 0.6) is 11.5 Å². The number of ketones is 1. The summed E-state index contributed by atoms with van der Waals surface area (Å²) in [7, 11) is 2.94. The number of esters is 1. The molecule has 1 amide bonds. The van der Waals surface area contributed by atoms with Gasteiger partial charge in [-0.25, -0.2) is 4.79 Å². The molecule has 8 nitrogen and oxygen atoms in total. The number of hydrogen-bond acceptors (Lipinski definition) is 7. The number of likely N-dealkylation sites (N-methyl/N-ethyl adjacent to an activating group) is 1. The summed E-state index contributed by atoms with van der Waals surface area (Å²) in [5.74, 6) is -0.662. The topological polar surface area (TPSA) is 106 Å². The summed E-state index contributed by atoms with van der Waals surface area (Å²) in [5, 5.41) is 8.46. The highest BCUT2D eigenvalue weighted by Crippen LogP contribution is 2.28. The van der Waals surface area contributed by atoms with E-state index in [0.717, 1.165) is 0 Å². The zero-order chi connectivity index (χ0) is 18.8. The van der Waals surface area contributed by atoms with Crippen molar-refractivity contribution in [3.05, 3.63) is 23.8 Å². The Morgan fingerprint density at radius 2 is 1.92 bits per heavy atom. The second-order valence-corrected chi connectivity index (χ2v) is 5.09. The zero-order valence-electron chi connectivity index (χ0n) is 14.4. The van der Waals surface area contributed by atoms with Crippen molar-refractivity contribution < 1.29 is 28.6 Å². The van der Waals surface area contributed by atoms with Crippen molar-refractivity contribution in [3.8, 4) is 17.6 Å². The summed E-state index contributed by atoms with van der Waals surface area (Å²) in [4.78, 5) is 36.0. The van der Waals surface area contributed by atoms with Crippen LogP contribution in [0.25, 0.3) is 0 Å². The first-order valence-corrected chi connectivity index (χ1v) is 7.47. The molecule has 1 aromatic rings. The normalized spacial score (nSPS) is 9.68. The van der Waals surface area contributed by atoms with E-state index in [9.17, 15) is 14.4 Å². The van der Waals surface area contributed by atoms with Crippen LogP contribution >= 0.6 is 0 Å². The third-order valence-corrected chi connectivity index (χ3v) is 3.26. The minimum atomic E-state index is -0.722. The second kappa shape index (κ2) is 9.93. The van der Waals surface area contributed by atoms with Gasteiger partial charge in [0.25, 0.3) is 5.91 Å². The summed E-state index contributed by atoms with van der Waals surface area (Å²) in [5.41, 5.74) is 0.456. The van der Waals surface area contributed by atoms with Gasteiger partial charge in [-0.3, -0.25) is 9.59 Å². The van der Waals surface area contributed by atoms with Crippen LogP contribution < -0.4 is 9.47 Å². The predicted molar refractivity (Wildman–Crippen MR) is 87.3 cm³/mol. The average Bonchev–Trinajstić information content (AvgIpc) is 2.61. The lowest BCUT2D eigenvalue weighted by molar-refractivity contribution is -0.153. The van der Waals surface area contributed by atoms with Crippen molar-refractivity contribution in [3.63, 3.8) is 0 Å². The van der Waals surface area contributed by atoms with E-state index < -0.39 is 25.1 Å². The van der Waals surface area contributed by atoms with Crippen LogP contribution in [0.1, 0.15) is 23.7 Å². The van der Waals surface area contributed by atoms with E-state index in [1.165, 1.54) is 38.1 Å². The molecule has 0 bridgehead atoms. The van der Waals surface area contributed by atoms with Crippen LogP contribution in [0.2, 0.25) is 0 Å². The molecule has 0 heterocycles. The van der Waals surface area contributed by atoms with E-state index in [-0.39, 0.29) is 24.5 Å². The lowest BCUT2D eigenvalue weighted by atomic mass is 10.1. The minimum Gasteiger partial charge on any atom is -0.493 e. The van der Waals surface area contributed by atoms with Gasteiger partial charge in [0.1, 0.15) is 0 Å². The fraction of sp³-hybridized carbons (Fsp3) is 0.412. The maximum Gasteiger partial charge on any atom is 0.344 e. The molecule has 8 heteroatoms. The molecule has 0 spiro atoms. The van der Waals surface area contributed by atoms with Crippen LogP contribution in [0.3, 0.4) is 0 Å². The molecule has 0 aliphatic carbocycles. The first-order chi connectivity index (χ1) is 11.9. The fourth-order valence-corrected chi connectivity index (χ4v) is 1.78. The van der Waals surface area contributed by atoms with Gasteiger partial charge in [0.15, 0.2) is 30.5 Å². The molecule has 0 fully saturated rings. The van der Waals surface area contributed by atoms with Crippen LogP contribution in [0.15, 0.2) is 18.2 Å². The number of nitriles is 1. The Bertz CT molecular complexity index is 680. The maximum atomic E-state index is 11.7. The van der Waals surface area contributed by atoms with Crippen LogP contribution in [0.4, 0.5) is 0 Å². The molecular weight excluding hydrogens is 328 g/mol. The SMILES string of the molecule is COc1cc(C(C)=O)ccc1OCC(=O)OCC(=O)N(C)CCC#N. The van der Waals surface area contributed by atoms with Crippen LogP contribution in [-0.4, -0.2) is 56.5 Å². The van der Waals surface area contributed by atoms with Gasteiger partial charge in [-0.1, -0.05) is 0 Å². The van der Waals surface area contributed by atoms with Crippen LogP contribution in [-0.2, 0) is 14.3 Å². The van der Waals surface area contributed by atoms with Gasteiger partial charge < -0.3 is 19.1 Å². The summed E-state index contributed by atoms with van der Waals surface area (Å²) < 4.78 is 15.3. The number of benzene rings is 1. The van der Waals surface area contributed by atoms with E-state index in [4.69, 9.17) is 19.5 Å². The molecule has 0 atom stereocenters. The van der Waals surface area contributed by atoms with Crippen LogP contribution in [0, 0.1) is 11.3 Å². The second-order valence-electron chi connectivity index (χ2n) is 5.09. The Labute approximate surface area is 145 Å². The number of methoxy groups -OCH3 is 1. The van der Waals surface area contributed by atoms with E-state index in [1.54, 1.807) is 6.07 Å². The van der Waals surface area contributed by atoms with Gasteiger partial charge in [-0.15, -0.1) is 0 Å². The maximum absolute atomic E-state index is 11.7. The Morgan fingerprint density at radius 3 is 2.52 bits per heavy atom. The number of nitrogens with zero attached hydrogens (tertiary/aromatic N) is 2. The van der Waals surface area contributed by atoms with Crippen molar-refractivity contribution in [1.82, 2.24) is 4.90 Å². The van der Waals surface area contributed by atoms with E-state index >= 15 is 0 Å². The number of ether oxygens (including phenoxy) is 3.